The van der Waals surface area contributed by atoms with Gasteiger partial charge in [0.15, 0.2) is 0 Å². The number of nitrogens with two attached hydrogens (primary N) is 1. The number of nitrogens with zero attached hydrogens (tertiary/aromatic N) is 5. The highest BCUT2D eigenvalue weighted by molar-refractivity contribution is 9.12. The van der Waals surface area contributed by atoms with E-state index in [-0.39, 0.29) is 11.6 Å². The zero-order valence-corrected chi connectivity index (χ0v) is 22.9. The summed E-state index contributed by atoms with van der Waals surface area (Å²) < 4.78 is 1.24. The molecule has 0 bridgehead atoms. The number of hydrogen-bond acceptors (Lipinski definition) is 6. The third kappa shape index (κ3) is 8.24. The number of nitrogens with one attached hydrogen (secondary N) is 1. The SMILES string of the molecule is CN=CC(Br)=C(N)c1cc(Cl)nc(C[C@H](C)CN/C=C(/Br)C(=[N-])c2ccnc(N(C)C)c2)c1. The molecule has 1 atom stereocenters. The standard InChI is InChI=1S/C23H27Br2ClN7/c1-14(7-17-8-16(9-20(26)32-17)23(28)18(24)12-29-2)11-30-13-19(25)22(27)15-5-6-31-21(10-15)33(3)4/h5-6,8-10,12-14,30H,7,11,28H2,1-4H3/q-1/b19-13+,23-18?,29-12?/t14-/m0/s1. The minimum Gasteiger partial charge on any atom is -0.802 e. The minimum absolute atomic E-state index is 0.130. The topological polar surface area (TPSA) is 102 Å². The molecule has 10 heteroatoms. The second kappa shape index (κ2) is 12.9. The molecule has 0 spiro atoms. The number of allylic oxidation sites excluding steroid dienone is 2. The van der Waals surface area contributed by atoms with E-state index in [1.54, 1.807) is 37.8 Å². The lowest BCUT2D eigenvalue weighted by Gasteiger charge is -2.17. The second-order valence-electron chi connectivity index (χ2n) is 7.67. The average molecular weight is 597 g/mol. The van der Waals surface area contributed by atoms with Crippen LogP contribution < -0.4 is 16.0 Å². The number of rotatable bonds is 10. The van der Waals surface area contributed by atoms with E-state index in [0.717, 1.165) is 17.1 Å². The Balaban J connectivity index is 2.02. The van der Waals surface area contributed by atoms with Gasteiger partial charge in [-0.2, -0.15) is 0 Å². The van der Waals surface area contributed by atoms with Crippen LogP contribution in [0.3, 0.4) is 0 Å². The average Bonchev–Trinajstić information content (AvgIpc) is 2.77. The van der Waals surface area contributed by atoms with Crippen molar-refractivity contribution in [2.45, 2.75) is 13.3 Å². The van der Waals surface area contributed by atoms with Crippen LogP contribution in [0.25, 0.3) is 11.1 Å². The summed E-state index contributed by atoms with van der Waals surface area (Å²) in [5.41, 5.74) is 9.18. The van der Waals surface area contributed by atoms with Crippen molar-refractivity contribution in [3.05, 3.63) is 73.0 Å². The molecule has 0 aliphatic carbocycles. The van der Waals surface area contributed by atoms with E-state index in [2.05, 4.69) is 59.1 Å². The quantitative estimate of drug-likeness (QED) is 0.298. The molecule has 2 aromatic heterocycles. The Bertz CT molecular complexity index is 1080. The van der Waals surface area contributed by atoms with Gasteiger partial charge in [-0.15, -0.1) is 5.71 Å². The Hall–Kier alpha value is -2.23. The summed E-state index contributed by atoms with van der Waals surface area (Å²) in [6.45, 7) is 2.77. The maximum atomic E-state index is 10.6. The normalized spacial score (nSPS) is 13.6. The molecule has 33 heavy (non-hydrogen) atoms. The summed E-state index contributed by atoms with van der Waals surface area (Å²) in [5.74, 6) is 1.01. The van der Waals surface area contributed by atoms with Gasteiger partial charge in [0.1, 0.15) is 11.0 Å². The zero-order valence-electron chi connectivity index (χ0n) is 19.0. The van der Waals surface area contributed by atoms with Gasteiger partial charge in [-0.1, -0.05) is 34.5 Å². The Morgan fingerprint density at radius 2 is 2.03 bits per heavy atom. The van der Waals surface area contributed by atoms with Crippen molar-refractivity contribution in [1.29, 1.82) is 0 Å². The first kappa shape index (κ1) is 27.0. The van der Waals surface area contributed by atoms with Gasteiger partial charge in [-0.3, -0.25) is 4.99 Å². The first-order valence-electron chi connectivity index (χ1n) is 10.2. The summed E-state index contributed by atoms with van der Waals surface area (Å²) in [4.78, 5) is 14.5. The molecule has 0 amide bonds. The third-order valence-corrected chi connectivity index (χ3v) is 6.04. The lowest BCUT2D eigenvalue weighted by atomic mass is 10.0. The second-order valence-corrected chi connectivity index (χ2v) is 9.77. The lowest BCUT2D eigenvalue weighted by molar-refractivity contribution is 0.547. The van der Waals surface area contributed by atoms with Gasteiger partial charge in [0.2, 0.25) is 0 Å². The smallest absolute Gasteiger partial charge is 0.130 e. The number of halogens is 3. The third-order valence-electron chi connectivity index (χ3n) is 4.61. The van der Waals surface area contributed by atoms with Crippen LogP contribution in [-0.2, 0) is 6.42 Å². The van der Waals surface area contributed by atoms with Gasteiger partial charge in [0.25, 0.3) is 0 Å². The van der Waals surface area contributed by atoms with Crippen molar-refractivity contribution in [2.24, 2.45) is 16.6 Å². The van der Waals surface area contributed by atoms with Gasteiger partial charge in [0.05, 0.1) is 10.2 Å². The van der Waals surface area contributed by atoms with Crippen LogP contribution in [0.2, 0.25) is 5.15 Å². The van der Waals surface area contributed by atoms with Crippen LogP contribution in [0.1, 0.15) is 23.7 Å². The number of aliphatic imine (C=N–C) groups is 1. The van der Waals surface area contributed by atoms with Crippen LogP contribution in [0.5, 0.6) is 0 Å². The monoisotopic (exact) mass is 594 g/mol. The maximum absolute atomic E-state index is 10.6. The molecule has 0 fully saturated rings. The van der Waals surface area contributed by atoms with E-state index in [1.807, 2.05) is 31.1 Å². The number of anilines is 1. The molecule has 2 aromatic rings. The van der Waals surface area contributed by atoms with Crippen LogP contribution in [-0.4, -0.2) is 49.6 Å². The molecule has 176 valence electrons. The van der Waals surface area contributed by atoms with Crippen molar-refractivity contribution in [1.82, 2.24) is 15.3 Å². The van der Waals surface area contributed by atoms with Crippen LogP contribution in [0.15, 0.2) is 50.6 Å². The molecule has 2 rings (SSSR count). The molecule has 0 aliphatic heterocycles. The Labute approximate surface area is 217 Å². The fourth-order valence-corrected chi connectivity index (χ4v) is 3.98. The predicted octanol–water partition coefficient (Wildman–Crippen LogP) is 4.98. The largest absolute Gasteiger partial charge is 0.802 e. The van der Waals surface area contributed by atoms with Gasteiger partial charge in [0, 0.05) is 62.0 Å². The van der Waals surface area contributed by atoms with Crippen LogP contribution >= 0.6 is 43.5 Å². The molecule has 0 saturated carbocycles. The van der Waals surface area contributed by atoms with Crippen LogP contribution in [0.4, 0.5) is 5.82 Å². The van der Waals surface area contributed by atoms with E-state index in [1.165, 1.54) is 0 Å². The maximum Gasteiger partial charge on any atom is 0.130 e. The zero-order chi connectivity index (χ0) is 24.5. The minimum atomic E-state index is 0.130. The number of hydrogen-bond donors (Lipinski definition) is 2. The molecule has 3 N–H and O–H groups in total. The van der Waals surface area contributed by atoms with Gasteiger partial charge < -0.3 is 21.4 Å². The van der Waals surface area contributed by atoms with E-state index in [9.17, 15) is 5.41 Å². The first-order chi connectivity index (χ1) is 15.6. The fourth-order valence-electron chi connectivity index (χ4n) is 2.93. The van der Waals surface area contributed by atoms with E-state index in [4.69, 9.17) is 17.3 Å². The summed E-state index contributed by atoms with van der Waals surface area (Å²) in [6.07, 6.45) is 5.74. The predicted molar refractivity (Wildman–Crippen MR) is 148 cm³/mol. The molecular weight excluding hydrogens is 570 g/mol. The van der Waals surface area contributed by atoms with Gasteiger partial charge >= 0.3 is 0 Å². The van der Waals surface area contributed by atoms with Crippen molar-refractivity contribution >= 4 is 66.9 Å². The molecule has 0 unspecified atom stereocenters. The summed E-state index contributed by atoms with van der Waals surface area (Å²) >= 11 is 13.1. The Morgan fingerprint density at radius 1 is 1.30 bits per heavy atom. The highest BCUT2D eigenvalue weighted by atomic mass is 79.9. The molecule has 0 radical (unpaired) electrons. The van der Waals surface area contributed by atoms with Crippen molar-refractivity contribution in [3.63, 3.8) is 0 Å². The molecule has 7 nitrogen and oxygen atoms in total. The summed E-state index contributed by atoms with van der Waals surface area (Å²) in [5, 5.41) is 14.2. The summed E-state index contributed by atoms with van der Waals surface area (Å²) in [7, 11) is 5.48. The fraction of sp³-hybridized carbons (Fsp3) is 0.304. The van der Waals surface area contributed by atoms with Crippen molar-refractivity contribution in [2.75, 3.05) is 32.6 Å². The molecular formula is C23H27Br2ClN7-. The van der Waals surface area contributed by atoms with Gasteiger partial charge in [-0.25, -0.2) is 9.97 Å². The highest BCUT2D eigenvalue weighted by Gasteiger charge is 2.10. The molecule has 0 aliphatic rings. The van der Waals surface area contributed by atoms with Crippen molar-refractivity contribution in [3.8, 4) is 0 Å². The van der Waals surface area contributed by atoms with E-state index >= 15 is 0 Å². The summed E-state index contributed by atoms with van der Waals surface area (Å²) in [6, 6.07) is 7.24. The first-order valence-corrected chi connectivity index (χ1v) is 12.1. The van der Waals surface area contributed by atoms with Crippen LogP contribution in [0, 0.1) is 5.92 Å². The van der Waals surface area contributed by atoms with Gasteiger partial charge in [-0.05, 0) is 58.1 Å². The number of pyridine rings is 2. The van der Waals surface area contributed by atoms with E-state index in [0.29, 0.717) is 38.3 Å². The highest BCUT2D eigenvalue weighted by Crippen LogP contribution is 2.22. The molecule has 2 heterocycles. The molecule has 0 saturated heterocycles. The number of aromatic nitrogens is 2. The Kier molecular flexibility index (Phi) is 10.5. The lowest BCUT2D eigenvalue weighted by Crippen LogP contribution is -2.19. The van der Waals surface area contributed by atoms with E-state index < -0.39 is 0 Å². The Morgan fingerprint density at radius 3 is 2.70 bits per heavy atom. The van der Waals surface area contributed by atoms with Crippen molar-refractivity contribution < 1.29 is 0 Å². The molecule has 0 aromatic carbocycles.